The van der Waals surface area contributed by atoms with Crippen LogP contribution in [0.5, 0.6) is 0 Å². The molecule has 0 saturated heterocycles. The highest BCUT2D eigenvalue weighted by atomic mass is 32.2. The molecule has 0 nitrogen and oxygen atoms in total. The Bertz CT molecular complexity index is 177. The van der Waals surface area contributed by atoms with Crippen molar-refractivity contribution < 1.29 is 0 Å². The predicted molar refractivity (Wildman–Crippen MR) is 53.8 cm³/mol. The highest BCUT2D eigenvalue weighted by Crippen LogP contribution is 2.41. The Labute approximate surface area is 74.5 Å². The van der Waals surface area contributed by atoms with Crippen LogP contribution in [0.4, 0.5) is 0 Å². The fourth-order valence-electron chi connectivity index (χ4n) is 1.59. The SMILES string of the molecule is CSC1=C(C)CCC(C)(C)C1. The lowest BCUT2D eigenvalue weighted by atomic mass is 9.78. The van der Waals surface area contributed by atoms with Crippen molar-refractivity contribution in [2.45, 2.75) is 40.0 Å². The molecule has 0 N–H and O–H groups in total. The molecule has 0 aromatic heterocycles. The van der Waals surface area contributed by atoms with Gasteiger partial charge >= 0.3 is 0 Å². The van der Waals surface area contributed by atoms with E-state index < -0.39 is 0 Å². The van der Waals surface area contributed by atoms with Gasteiger partial charge in [-0.05, 0) is 42.8 Å². The van der Waals surface area contributed by atoms with Crippen molar-refractivity contribution in [2.24, 2.45) is 5.41 Å². The Morgan fingerprint density at radius 2 is 2.00 bits per heavy atom. The molecule has 64 valence electrons. The van der Waals surface area contributed by atoms with Gasteiger partial charge in [-0.25, -0.2) is 0 Å². The molecule has 0 unspecified atom stereocenters. The van der Waals surface area contributed by atoms with E-state index in [1.54, 1.807) is 10.5 Å². The molecule has 11 heavy (non-hydrogen) atoms. The van der Waals surface area contributed by atoms with Gasteiger partial charge in [0.1, 0.15) is 0 Å². The van der Waals surface area contributed by atoms with E-state index in [1.807, 2.05) is 11.8 Å². The minimum Gasteiger partial charge on any atom is -0.134 e. The van der Waals surface area contributed by atoms with Gasteiger partial charge in [0, 0.05) is 0 Å². The zero-order valence-electron chi connectivity index (χ0n) is 8.03. The number of thioether (sulfide) groups is 1. The summed E-state index contributed by atoms with van der Waals surface area (Å²) < 4.78 is 0. The molecule has 0 aromatic rings. The van der Waals surface area contributed by atoms with Crippen molar-refractivity contribution in [1.29, 1.82) is 0 Å². The van der Waals surface area contributed by atoms with E-state index in [1.165, 1.54) is 19.3 Å². The molecule has 0 aromatic carbocycles. The molecular formula is C10H18S. The van der Waals surface area contributed by atoms with Crippen LogP contribution in [0.2, 0.25) is 0 Å². The van der Waals surface area contributed by atoms with Crippen LogP contribution in [-0.2, 0) is 0 Å². The summed E-state index contributed by atoms with van der Waals surface area (Å²) in [7, 11) is 0. The van der Waals surface area contributed by atoms with E-state index >= 15 is 0 Å². The van der Waals surface area contributed by atoms with Crippen LogP contribution >= 0.6 is 11.8 Å². The van der Waals surface area contributed by atoms with Gasteiger partial charge < -0.3 is 0 Å². The predicted octanol–water partition coefficient (Wildman–Crippen LogP) is 3.83. The number of hydrogen-bond acceptors (Lipinski definition) is 1. The third-order valence-corrected chi connectivity index (χ3v) is 3.52. The largest absolute Gasteiger partial charge is 0.134 e. The first kappa shape index (κ1) is 9.18. The van der Waals surface area contributed by atoms with Crippen molar-refractivity contribution in [1.82, 2.24) is 0 Å². The summed E-state index contributed by atoms with van der Waals surface area (Å²) in [6.07, 6.45) is 6.16. The fourth-order valence-corrected chi connectivity index (χ4v) is 2.57. The Balaban J connectivity index is 2.73. The van der Waals surface area contributed by atoms with Crippen LogP contribution < -0.4 is 0 Å². The first-order valence-electron chi connectivity index (χ1n) is 4.28. The molecule has 0 spiro atoms. The number of allylic oxidation sites excluding steroid dienone is 2. The number of hydrogen-bond donors (Lipinski definition) is 0. The first-order chi connectivity index (χ1) is 5.05. The number of rotatable bonds is 1. The average Bonchev–Trinajstić information content (AvgIpc) is 1.94. The van der Waals surface area contributed by atoms with Crippen LogP contribution in [0, 0.1) is 5.41 Å². The van der Waals surface area contributed by atoms with Gasteiger partial charge in [0.25, 0.3) is 0 Å². The van der Waals surface area contributed by atoms with E-state index in [9.17, 15) is 0 Å². The highest BCUT2D eigenvalue weighted by Gasteiger charge is 2.24. The summed E-state index contributed by atoms with van der Waals surface area (Å²) in [5.41, 5.74) is 2.18. The summed E-state index contributed by atoms with van der Waals surface area (Å²) >= 11 is 1.94. The van der Waals surface area contributed by atoms with Crippen LogP contribution in [0.1, 0.15) is 40.0 Å². The van der Waals surface area contributed by atoms with E-state index in [-0.39, 0.29) is 0 Å². The maximum atomic E-state index is 2.37. The standard InChI is InChI=1S/C10H18S/c1-8-5-6-10(2,3)7-9(8)11-4/h5-7H2,1-4H3. The average molecular weight is 170 g/mol. The summed E-state index contributed by atoms with van der Waals surface area (Å²) in [5, 5.41) is 0. The van der Waals surface area contributed by atoms with Gasteiger partial charge in [-0.3, -0.25) is 0 Å². The maximum Gasteiger partial charge on any atom is -0.0140 e. The molecule has 1 heteroatoms. The van der Waals surface area contributed by atoms with E-state index in [0.717, 1.165) is 0 Å². The Kier molecular flexibility index (Phi) is 2.69. The van der Waals surface area contributed by atoms with Crippen molar-refractivity contribution >= 4 is 11.8 Å². The lowest BCUT2D eigenvalue weighted by Crippen LogP contribution is -2.16. The second-order valence-electron chi connectivity index (χ2n) is 4.25. The van der Waals surface area contributed by atoms with Gasteiger partial charge in [-0.2, -0.15) is 0 Å². The van der Waals surface area contributed by atoms with Crippen LogP contribution in [0.15, 0.2) is 10.5 Å². The third-order valence-electron chi connectivity index (χ3n) is 2.54. The topological polar surface area (TPSA) is 0 Å². The van der Waals surface area contributed by atoms with Gasteiger partial charge in [-0.15, -0.1) is 11.8 Å². The lowest BCUT2D eigenvalue weighted by Gasteiger charge is -2.31. The van der Waals surface area contributed by atoms with E-state index in [2.05, 4.69) is 27.0 Å². The smallest absolute Gasteiger partial charge is 0.0140 e. The van der Waals surface area contributed by atoms with Gasteiger partial charge in [0.15, 0.2) is 0 Å². The fraction of sp³-hybridized carbons (Fsp3) is 0.800. The molecule has 0 aliphatic heterocycles. The molecule has 0 heterocycles. The molecule has 0 bridgehead atoms. The Morgan fingerprint density at radius 1 is 1.36 bits per heavy atom. The molecule has 0 amide bonds. The molecule has 0 atom stereocenters. The van der Waals surface area contributed by atoms with Crippen LogP contribution in [0.3, 0.4) is 0 Å². The van der Waals surface area contributed by atoms with E-state index in [4.69, 9.17) is 0 Å². The van der Waals surface area contributed by atoms with Gasteiger partial charge in [-0.1, -0.05) is 19.4 Å². The molecule has 0 saturated carbocycles. The second kappa shape index (κ2) is 3.22. The summed E-state index contributed by atoms with van der Waals surface area (Å²) in [6.45, 7) is 7.02. The Morgan fingerprint density at radius 3 is 2.45 bits per heavy atom. The van der Waals surface area contributed by atoms with Crippen molar-refractivity contribution in [2.75, 3.05) is 6.26 Å². The monoisotopic (exact) mass is 170 g/mol. The maximum absolute atomic E-state index is 2.37. The Hall–Kier alpha value is 0.0900. The van der Waals surface area contributed by atoms with Crippen LogP contribution in [-0.4, -0.2) is 6.26 Å². The summed E-state index contributed by atoms with van der Waals surface area (Å²) in [5.74, 6) is 0. The van der Waals surface area contributed by atoms with E-state index in [0.29, 0.717) is 5.41 Å². The molecule has 1 aliphatic rings. The summed E-state index contributed by atoms with van der Waals surface area (Å²) in [4.78, 5) is 1.63. The third kappa shape index (κ3) is 2.26. The highest BCUT2D eigenvalue weighted by molar-refractivity contribution is 8.02. The lowest BCUT2D eigenvalue weighted by molar-refractivity contribution is 0.321. The minimum atomic E-state index is 0.553. The van der Waals surface area contributed by atoms with Crippen LogP contribution in [0.25, 0.3) is 0 Å². The molecule has 1 aliphatic carbocycles. The van der Waals surface area contributed by atoms with Crippen molar-refractivity contribution in [3.63, 3.8) is 0 Å². The minimum absolute atomic E-state index is 0.553. The zero-order chi connectivity index (χ0) is 8.48. The second-order valence-corrected chi connectivity index (χ2v) is 5.15. The normalized spacial score (nSPS) is 24.0. The summed E-state index contributed by atoms with van der Waals surface area (Å²) in [6, 6.07) is 0. The molecular weight excluding hydrogens is 152 g/mol. The van der Waals surface area contributed by atoms with Crippen molar-refractivity contribution in [3.05, 3.63) is 10.5 Å². The van der Waals surface area contributed by atoms with Crippen molar-refractivity contribution in [3.8, 4) is 0 Å². The zero-order valence-corrected chi connectivity index (χ0v) is 8.85. The molecule has 0 fully saturated rings. The first-order valence-corrected chi connectivity index (χ1v) is 5.50. The molecule has 0 radical (unpaired) electrons. The van der Waals surface area contributed by atoms with Gasteiger partial charge in [0.2, 0.25) is 0 Å². The molecule has 1 rings (SSSR count). The quantitative estimate of drug-likeness (QED) is 0.576. The van der Waals surface area contributed by atoms with Gasteiger partial charge in [0.05, 0.1) is 0 Å².